The van der Waals surface area contributed by atoms with Crippen LogP contribution in [-0.4, -0.2) is 61.3 Å². The monoisotopic (exact) mass is 552 g/mol. The van der Waals surface area contributed by atoms with E-state index in [1.54, 1.807) is 0 Å². The molecule has 40 heavy (non-hydrogen) atoms. The number of benzene rings is 1. The van der Waals surface area contributed by atoms with Crippen molar-refractivity contribution in [1.82, 2.24) is 0 Å². The van der Waals surface area contributed by atoms with E-state index >= 15 is 0 Å². The van der Waals surface area contributed by atoms with E-state index < -0.39 is 18.5 Å². The first kappa shape index (κ1) is 31.1. The lowest BCUT2D eigenvalue weighted by Gasteiger charge is -2.26. The largest absolute Gasteiger partial charge is 0.494 e. The molecule has 0 spiro atoms. The van der Waals surface area contributed by atoms with Crippen LogP contribution in [0.4, 0.5) is 0 Å². The molecule has 8 nitrogen and oxygen atoms in total. The van der Waals surface area contributed by atoms with Crippen LogP contribution in [0.5, 0.6) is 5.75 Å². The maximum Gasteiger partial charge on any atom is 0.330 e. The van der Waals surface area contributed by atoms with E-state index in [1.807, 2.05) is 44.2 Å². The standard InChI is InChI=1S/C32H40O8/c1-5-30(33)38-16-14-36-28-19-26(20-29(21-28)37-15-17-39-31(34)6-2)25-9-7-8-24(18-25)23-10-12-27(13-11-23)40-32(35)22(3)4/h5-13,19-20,22,24,28,30,32-33,35H,1-2,14-18,21H2,3-4H3. The maximum absolute atomic E-state index is 11.3. The van der Waals surface area contributed by atoms with Gasteiger partial charge in [-0.2, -0.15) is 0 Å². The molecule has 4 unspecified atom stereocenters. The molecule has 0 amide bonds. The highest BCUT2D eigenvalue weighted by atomic mass is 16.6. The fourth-order valence-corrected chi connectivity index (χ4v) is 4.15. The van der Waals surface area contributed by atoms with Gasteiger partial charge in [0.1, 0.15) is 19.0 Å². The van der Waals surface area contributed by atoms with Gasteiger partial charge in [-0.15, -0.1) is 0 Å². The first-order valence-corrected chi connectivity index (χ1v) is 13.5. The van der Waals surface area contributed by atoms with Crippen molar-refractivity contribution in [3.63, 3.8) is 0 Å². The van der Waals surface area contributed by atoms with Gasteiger partial charge in [0.05, 0.1) is 25.1 Å². The highest BCUT2D eigenvalue weighted by Gasteiger charge is 2.22. The molecule has 0 bridgehead atoms. The van der Waals surface area contributed by atoms with Crippen LogP contribution in [0.2, 0.25) is 0 Å². The number of allylic oxidation sites excluding steroid dienone is 6. The van der Waals surface area contributed by atoms with Crippen LogP contribution in [0.25, 0.3) is 0 Å². The van der Waals surface area contributed by atoms with E-state index in [9.17, 15) is 15.0 Å². The van der Waals surface area contributed by atoms with Crippen LogP contribution >= 0.6 is 0 Å². The summed E-state index contributed by atoms with van der Waals surface area (Å²) in [6, 6.07) is 7.81. The summed E-state index contributed by atoms with van der Waals surface area (Å²) in [5, 5.41) is 19.5. The van der Waals surface area contributed by atoms with E-state index in [2.05, 4.69) is 37.5 Å². The number of carbonyl (C=O) groups excluding carboxylic acids is 1. The molecule has 0 fully saturated rings. The minimum atomic E-state index is -1.03. The molecule has 1 aromatic rings. The molecular formula is C32H40O8. The van der Waals surface area contributed by atoms with E-state index in [1.165, 1.54) is 6.08 Å². The number of aliphatic hydroxyl groups excluding tert-OH is 2. The fraction of sp³-hybridized carbons (Fsp3) is 0.406. The van der Waals surface area contributed by atoms with Crippen LogP contribution in [-0.2, 0) is 23.7 Å². The molecule has 2 aliphatic carbocycles. The van der Waals surface area contributed by atoms with Crippen LogP contribution in [0.3, 0.4) is 0 Å². The Kier molecular flexibility index (Phi) is 12.4. The molecule has 216 valence electrons. The van der Waals surface area contributed by atoms with Crippen molar-refractivity contribution in [2.75, 3.05) is 26.4 Å². The number of ether oxygens (including phenoxy) is 5. The summed E-state index contributed by atoms with van der Waals surface area (Å²) in [5.41, 5.74) is 3.27. The Labute approximate surface area is 236 Å². The summed E-state index contributed by atoms with van der Waals surface area (Å²) in [6.45, 7) is 11.5. The number of hydrogen-bond acceptors (Lipinski definition) is 8. The Bertz CT molecular complexity index is 1110. The van der Waals surface area contributed by atoms with Crippen LogP contribution < -0.4 is 4.74 Å². The molecular weight excluding hydrogens is 512 g/mol. The maximum atomic E-state index is 11.3. The first-order chi connectivity index (χ1) is 19.3. The number of rotatable bonds is 16. The molecule has 0 aromatic heterocycles. The van der Waals surface area contributed by atoms with Gasteiger partial charge in [0.15, 0.2) is 12.6 Å². The average Bonchev–Trinajstić information content (AvgIpc) is 2.97. The summed E-state index contributed by atoms with van der Waals surface area (Å²) >= 11 is 0. The van der Waals surface area contributed by atoms with Crippen molar-refractivity contribution in [3.8, 4) is 5.75 Å². The van der Waals surface area contributed by atoms with Gasteiger partial charge >= 0.3 is 5.97 Å². The Morgan fingerprint density at radius 3 is 2.55 bits per heavy atom. The first-order valence-electron chi connectivity index (χ1n) is 13.5. The van der Waals surface area contributed by atoms with Crippen molar-refractivity contribution in [2.24, 2.45) is 5.92 Å². The third kappa shape index (κ3) is 9.95. The summed E-state index contributed by atoms with van der Waals surface area (Å²) in [5.74, 6) is 1.02. The molecule has 0 radical (unpaired) electrons. The lowest BCUT2D eigenvalue weighted by Crippen LogP contribution is -2.22. The van der Waals surface area contributed by atoms with Crippen LogP contribution in [0.15, 0.2) is 96.9 Å². The predicted molar refractivity (Wildman–Crippen MR) is 152 cm³/mol. The zero-order valence-electron chi connectivity index (χ0n) is 23.2. The Balaban J connectivity index is 1.67. The number of hydrogen-bond donors (Lipinski definition) is 2. The summed E-state index contributed by atoms with van der Waals surface area (Å²) in [7, 11) is 0. The Hall–Kier alpha value is -3.43. The third-order valence-electron chi connectivity index (χ3n) is 6.36. The van der Waals surface area contributed by atoms with E-state index in [0.29, 0.717) is 12.2 Å². The number of aliphatic hydroxyl groups is 2. The Morgan fingerprint density at radius 2 is 1.85 bits per heavy atom. The molecule has 0 saturated heterocycles. The van der Waals surface area contributed by atoms with Gasteiger partial charge in [0.25, 0.3) is 0 Å². The van der Waals surface area contributed by atoms with E-state index in [-0.39, 0.29) is 44.4 Å². The molecule has 0 aliphatic heterocycles. The van der Waals surface area contributed by atoms with Crippen molar-refractivity contribution < 1.29 is 38.7 Å². The lowest BCUT2D eigenvalue weighted by atomic mass is 9.83. The zero-order chi connectivity index (χ0) is 28.9. The molecule has 0 saturated carbocycles. The van der Waals surface area contributed by atoms with Gasteiger partial charge in [-0.3, -0.25) is 0 Å². The summed E-state index contributed by atoms with van der Waals surface area (Å²) in [6.07, 6.45) is 11.9. The normalized spacial score (nSPS) is 20.1. The van der Waals surface area contributed by atoms with Crippen LogP contribution in [0.1, 0.15) is 38.2 Å². The quantitative estimate of drug-likeness (QED) is 0.0984. The molecule has 2 aliphatic rings. The van der Waals surface area contributed by atoms with Crippen molar-refractivity contribution >= 4 is 5.97 Å². The summed E-state index contributed by atoms with van der Waals surface area (Å²) < 4.78 is 27.8. The minimum Gasteiger partial charge on any atom is -0.494 e. The predicted octanol–water partition coefficient (Wildman–Crippen LogP) is 4.88. The number of esters is 1. The smallest absolute Gasteiger partial charge is 0.330 e. The molecule has 3 rings (SSSR count). The second kappa shape index (κ2) is 16.0. The van der Waals surface area contributed by atoms with Crippen LogP contribution in [0, 0.1) is 5.92 Å². The minimum absolute atomic E-state index is 0.000533. The van der Waals surface area contributed by atoms with Crippen molar-refractivity contribution in [1.29, 1.82) is 0 Å². The third-order valence-corrected chi connectivity index (χ3v) is 6.36. The van der Waals surface area contributed by atoms with E-state index in [4.69, 9.17) is 23.7 Å². The van der Waals surface area contributed by atoms with Gasteiger partial charge in [0, 0.05) is 24.3 Å². The van der Waals surface area contributed by atoms with Gasteiger partial charge < -0.3 is 33.9 Å². The van der Waals surface area contributed by atoms with Gasteiger partial charge in [-0.25, -0.2) is 4.79 Å². The fourth-order valence-electron chi connectivity index (χ4n) is 4.15. The molecule has 4 atom stereocenters. The van der Waals surface area contributed by atoms with Crippen molar-refractivity contribution in [2.45, 2.75) is 51.3 Å². The average molecular weight is 553 g/mol. The highest BCUT2D eigenvalue weighted by Crippen LogP contribution is 2.35. The lowest BCUT2D eigenvalue weighted by molar-refractivity contribution is -0.138. The Morgan fingerprint density at radius 1 is 1.07 bits per heavy atom. The van der Waals surface area contributed by atoms with Gasteiger partial charge in [-0.1, -0.05) is 57.4 Å². The highest BCUT2D eigenvalue weighted by molar-refractivity contribution is 5.81. The SMILES string of the molecule is C=CC(=O)OCCOC1=CC(C2=CC=CC(c3ccc(OC(O)C(C)C)cc3)C2)=CC(OCCOC(O)C=C)C1. The summed E-state index contributed by atoms with van der Waals surface area (Å²) in [4.78, 5) is 11.3. The van der Waals surface area contributed by atoms with Gasteiger partial charge in [0.2, 0.25) is 0 Å². The molecule has 2 N–H and O–H groups in total. The molecule has 8 heteroatoms. The molecule has 0 heterocycles. The second-order valence-electron chi connectivity index (χ2n) is 9.77. The zero-order valence-corrected chi connectivity index (χ0v) is 23.2. The molecule has 1 aromatic carbocycles. The van der Waals surface area contributed by atoms with Gasteiger partial charge in [-0.05, 0) is 53.5 Å². The second-order valence-corrected chi connectivity index (χ2v) is 9.77. The number of carbonyl (C=O) groups is 1. The van der Waals surface area contributed by atoms with E-state index in [0.717, 1.165) is 35.0 Å². The topological polar surface area (TPSA) is 104 Å². The van der Waals surface area contributed by atoms with Crippen molar-refractivity contribution in [3.05, 3.63) is 102 Å².